The first-order valence-corrected chi connectivity index (χ1v) is 14.7. The van der Waals surface area contributed by atoms with Crippen LogP contribution in [0.3, 0.4) is 0 Å². The Hall–Kier alpha value is -4.77. The molecule has 1 N–H and O–H groups in total. The molecule has 4 aromatic rings. The Morgan fingerprint density at radius 3 is 2.58 bits per heavy atom. The number of ketones is 1. The molecule has 3 aromatic carbocycles. The number of anilines is 1. The normalized spacial score (nSPS) is 17.4. The van der Waals surface area contributed by atoms with Crippen LogP contribution in [0.2, 0.25) is 0 Å². The Kier molecular flexibility index (Phi) is 7.81. The highest BCUT2D eigenvalue weighted by Gasteiger charge is 2.48. The Labute approximate surface area is 252 Å². The van der Waals surface area contributed by atoms with E-state index in [1.54, 1.807) is 55.6 Å². The summed E-state index contributed by atoms with van der Waals surface area (Å²) < 4.78 is 29.0. The summed E-state index contributed by atoms with van der Waals surface area (Å²) in [6, 6.07) is 14.5. The molecule has 0 radical (unpaired) electrons. The van der Waals surface area contributed by atoms with E-state index in [0.717, 1.165) is 17.5 Å². The molecule has 0 aliphatic carbocycles. The molecule has 6 rings (SSSR count). The Bertz CT molecular complexity index is 1750. The van der Waals surface area contributed by atoms with Crippen LogP contribution in [-0.4, -0.2) is 55.8 Å². The van der Waals surface area contributed by atoms with Gasteiger partial charge in [0.05, 0.1) is 42.7 Å². The summed E-state index contributed by atoms with van der Waals surface area (Å²) in [7, 11) is 3.10. The van der Waals surface area contributed by atoms with Gasteiger partial charge in [-0.25, -0.2) is 4.98 Å². The average molecular weight is 603 g/mol. The van der Waals surface area contributed by atoms with Gasteiger partial charge in [0, 0.05) is 5.56 Å². The monoisotopic (exact) mass is 602 g/mol. The van der Waals surface area contributed by atoms with Gasteiger partial charge in [-0.3, -0.25) is 14.5 Å². The average Bonchev–Trinajstić information content (AvgIpc) is 3.57. The molecule has 1 aromatic heterocycles. The number of hydrogen-bond donors (Lipinski definition) is 1. The SMILES string of the molecule is CCCCOc1ccc(C2C(=C(O)c3ccc4c(c3)OCCO4)C(=O)C(=O)N2c2nc3ccc(OC)cc3s2)cc1OC. The molecule has 2 aliphatic heterocycles. The molecule has 3 heterocycles. The van der Waals surface area contributed by atoms with Crippen molar-refractivity contribution < 1.29 is 38.4 Å². The number of carbonyl (C=O) groups is 2. The van der Waals surface area contributed by atoms with Gasteiger partial charge in [-0.2, -0.15) is 0 Å². The van der Waals surface area contributed by atoms with E-state index in [9.17, 15) is 14.7 Å². The van der Waals surface area contributed by atoms with Gasteiger partial charge in [-0.15, -0.1) is 0 Å². The van der Waals surface area contributed by atoms with E-state index in [0.29, 0.717) is 70.3 Å². The van der Waals surface area contributed by atoms with E-state index >= 15 is 0 Å². The van der Waals surface area contributed by atoms with Crippen molar-refractivity contribution >= 4 is 44.1 Å². The van der Waals surface area contributed by atoms with E-state index in [1.807, 2.05) is 6.07 Å². The van der Waals surface area contributed by atoms with E-state index < -0.39 is 17.7 Å². The second-order valence-corrected chi connectivity index (χ2v) is 11.0. The molecule has 222 valence electrons. The highest BCUT2D eigenvalue weighted by Crippen LogP contribution is 2.46. The summed E-state index contributed by atoms with van der Waals surface area (Å²) in [4.78, 5) is 33.5. The van der Waals surface area contributed by atoms with Crippen LogP contribution in [-0.2, 0) is 9.59 Å². The lowest BCUT2D eigenvalue weighted by Gasteiger charge is -2.24. The van der Waals surface area contributed by atoms with E-state index in [-0.39, 0.29) is 11.3 Å². The van der Waals surface area contributed by atoms with Crippen molar-refractivity contribution in [2.75, 3.05) is 38.9 Å². The number of thiazole rings is 1. The molecule has 1 unspecified atom stereocenters. The molecule has 0 bridgehead atoms. The van der Waals surface area contributed by atoms with Gasteiger partial charge in [-0.05, 0) is 60.5 Å². The number of amides is 1. The summed E-state index contributed by atoms with van der Waals surface area (Å²) in [5.41, 5.74) is 1.41. The van der Waals surface area contributed by atoms with Crippen LogP contribution in [0.25, 0.3) is 16.0 Å². The topological polar surface area (TPSA) is 117 Å². The lowest BCUT2D eigenvalue weighted by molar-refractivity contribution is -0.132. The smallest absolute Gasteiger partial charge is 0.301 e. The number of carbonyl (C=O) groups excluding carboxylic acids is 2. The first kappa shape index (κ1) is 28.4. The number of fused-ring (bicyclic) bond motifs is 2. The Morgan fingerprint density at radius 1 is 1.00 bits per heavy atom. The maximum absolute atomic E-state index is 13.7. The van der Waals surface area contributed by atoms with Crippen molar-refractivity contribution in [3.8, 4) is 28.7 Å². The molecule has 1 fully saturated rings. The minimum Gasteiger partial charge on any atom is -0.507 e. The van der Waals surface area contributed by atoms with Gasteiger partial charge in [0.25, 0.3) is 5.78 Å². The van der Waals surface area contributed by atoms with Crippen LogP contribution >= 0.6 is 11.3 Å². The number of benzene rings is 3. The summed E-state index contributed by atoms with van der Waals surface area (Å²) in [5, 5.41) is 11.9. The first-order valence-electron chi connectivity index (χ1n) is 13.9. The molecule has 0 spiro atoms. The maximum atomic E-state index is 13.7. The number of aliphatic hydroxyl groups excluding tert-OH is 1. The number of unbranched alkanes of at least 4 members (excludes halogenated alkanes) is 1. The number of aromatic nitrogens is 1. The second kappa shape index (κ2) is 11.8. The molecule has 11 heteroatoms. The molecule has 2 aliphatic rings. The lowest BCUT2D eigenvalue weighted by atomic mass is 9.95. The Balaban J connectivity index is 1.51. The molecule has 1 amide bonds. The largest absolute Gasteiger partial charge is 0.507 e. The fraction of sp³-hybridized carbons (Fsp3) is 0.281. The summed E-state index contributed by atoms with van der Waals surface area (Å²) in [6.45, 7) is 3.37. The highest BCUT2D eigenvalue weighted by atomic mass is 32.1. The standard InChI is InChI=1S/C32H30N2O8S/c1-4-5-12-40-22-10-6-18(15-24(22)39-3)28-27(29(35)19-7-11-23-25(16-19)42-14-13-41-23)30(36)31(37)34(28)32-33-21-9-8-20(38-2)17-26(21)43-32/h6-11,15-17,28,35H,4-5,12-14H2,1-3H3. The molecule has 10 nitrogen and oxygen atoms in total. The molecule has 0 saturated carbocycles. The van der Waals surface area contributed by atoms with Crippen LogP contribution in [0.1, 0.15) is 36.9 Å². The number of methoxy groups -OCH3 is 2. The quantitative estimate of drug-likeness (QED) is 0.108. The zero-order valence-corrected chi connectivity index (χ0v) is 24.7. The summed E-state index contributed by atoms with van der Waals surface area (Å²) >= 11 is 1.25. The third kappa shape index (κ3) is 5.20. The predicted octanol–water partition coefficient (Wildman–Crippen LogP) is 5.89. The number of aliphatic hydroxyl groups is 1. The zero-order valence-electron chi connectivity index (χ0n) is 23.9. The van der Waals surface area contributed by atoms with E-state index in [1.165, 1.54) is 23.3 Å². The fourth-order valence-corrected chi connectivity index (χ4v) is 6.13. The van der Waals surface area contributed by atoms with Crippen LogP contribution in [0.15, 0.2) is 60.2 Å². The Morgan fingerprint density at radius 2 is 1.81 bits per heavy atom. The van der Waals surface area contributed by atoms with E-state index in [4.69, 9.17) is 23.7 Å². The molecular weight excluding hydrogens is 572 g/mol. The van der Waals surface area contributed by atoms with Gasteiger partial charge in [0.15, 0.2) is 28.1 Å². The van der Waals surface area contributed by atoms with Crippen molar-refractivity contribution in [2.24, 2.45) is 0 Å². The number of Topliss-reactive ketones (excluding diaryl/α,β-unsaturated/α-hetero) is 1. The van der Waals surface area contributed by atoms with Crippen LogP contribution in [0, 0.1) is 0 Å². The van der Waals surface area contributed by atoms with Gasteiger partial charge in [0.2, 0.25) is 0 Å². The van der Waals surface area contributed by atoms with Crippen molar-refractivity contribution in [2.45, 2.75) is 25.8 Å². The lowest BCUT2D eigenvalue weighted by Crippen LogP contribution is -2.29. The minimum atomic E-state index is -1.01. The van der Waals surface area contributed by atoms with Crippen molar-refractivity contribution in [3.63, 3.8) is 0 Å². The fourth-order valence-electron chi connectivity index (χ4n) is 5.11. The molecule has 1 saturated heterocycles. The maximum Gasteiger partial charge on any atom is 0.301 e. The van der Waals surface area contributed by atoms with Gasteiger partial charge in [0.1, 0.15) is 24.7 Å². The molecular formula is C32H30N2O8S. The summed E-state index contributed by atoms with van der Waals surface area (Å²) in [5.74, 6) is 0.609. The second-order valence-electron chi connectivity index (χ2n) is 9.97. The van der Waals surface area contributed by atoms with Gasteiger partial charge in [-0.1, -0.05) is 30.7 Å². The number of rotatable bonds is 9. The number of nitrogens with zero attached hydrogens (tertiary/aromatic N) is 2. The van der Waals surface area contributed by atoms with Gasteiger partial charge >= 0.3 is 5.91 Å². The first-order chi connectivity index (χ1) is 20.9. The van der Waals surface area contributed by atoms with Crippen LogP contribution in [0.4, 0.5) is 5.13 Å². The van der Waals surface area contributed by atoms with E-state index in [2.05, 4.69) is 11.9 Å². The van der Waals surface area contributed by atoms with Crippen molar-refractivity contribution in [1.29, 1.82) is 0 Å². The summed E-state index contributed by atoms with van der Waals surface area (Å²) in [6.07, 6.45) is 1.85. The minimum absolute atomic E-state index is 0.0831. The van der Waals surface area contributed by atoms with Crippen molar-refractivity contribution in [1.82, 2.24) is 4.98 Å². The van der Waals surface area contributed by atoms with Gasteiger partial charge < -0.3 is 28.8 Å². The number of hydrogen-bond acceptors (Lipinski definition) is 10. The zero-order chi connectivity index (χ0) is 30.1. The van der Waals surface area contributed by atoms with Crippen LogP contribution in [0.5, 0.6) is 28.7 Å². The third-order valence-electron chi connectivity index (χ3n) is 7.31. The van der Waals surface area contributed by atoms with Crippen molar-refractivity contribution in [3.05, 3.63) is 71.3 Å². The number of ether oxygens (including phenoxy) is 5. The third-order valence-corrected chi connectivity index (χ3v) is 8.33. The molecule has 43 heavy (non-hydrogen) atoms. The van der Waals surface area contributed by atoms with Crippen LogP contribution < -0.4 is 28.6 Å². The molecule has 1 atom stereocenters. The highest BCUT2D eigenvalue weighted by molar-refractivity contribution is 7.22. The predicted molar refractivity (Wildman–Crippen MR) is 162 cm³/mol.